The maximum atomic E-state index is 12.7. The Morgan fingerprint density at radius 1 is 1.42 bits per heavy atom. The zero-order valence-electron chi connectivity index (χ0n) is 14.5. The van der Waals surface area contributed by atoms with E-state index in [4.69, 9.17) is 0 Å². The van der Waals surface area contributed by atoms with Crippen LogP contribution in [0.4, 0.5) is 0 Å². The van der Waals surface area contributed by atoms with Gasteiger partial charge < -0.3 is 4.90 Å². The van der Waals surface area contributed by atoms with Gasteiger partial charge in [0.25, 0.3) is 0 Å². The minimum atomic E-state index is 0.242. The third-order valence-corrected chi connectivity index (χ3v) is 7.00. The van der Waals surface area contributed by atoms with E-state index in [-0.39, 0.29) is 5.92 Å². The van der Waals surface area contributed by atoms with Gasteiger partial charge in [0.1, 0.15) is 5.01 Å². The van der Waals surface area contributed by atoms with Crippen LogP contribution in [0.25, 0.3) is 0 Å². The molecule has 2 unspecified atom stereocenters. The molecule has 24 heavy (non-hydrogen) atoms. The number of hydrogen-bond acceptors (Lipinski definition) is 4. The topological polar surface area (TPSA) is 36.4 Å². The molecule has 0 bridgehead atoms. The molecule has 4 rings (SSSR count). The van der Waals surface area contributed by atoms with E-state index in [2.05, 4.69) is 39.4 Å². The highest BCUT2D eigenvalue weighted by Crippen LogP contribution is 2.56. The molecule has 0 radical (unpaired) electrons. The van der Waals surface area contributed by atoms with Crippen molar-refractivity contribution in [1.82, 2.24) is 14.8 Å². The highest BCUT2D eigenvalue weighted by molar-refractivity contribution is 7.09. The predicted molar refractivity (Wildman–Crippen MR) is 96.7 cm³/mol. The maximum Gasteiger partial charge on any atom is 0.226 e. The van der Waals surface area contributed by atoms with Crippen LogP contribution in [-0.2, 0) is 11.3 Å². The lowest BCUT2D eigenvalue weighted by Gasteiger charge is -2.36. The van der Waals surface area contributed by atoms with Crippen LogP contribution in [0.1, 0.15) is 43.5 Å². The van der Waals surface area contributed by atoms with Gasteiger partial charge in [0.2, 0.25) is 5.91 Å². The average Bonchev–Trinajstić information content (AvgIpc) is 3.07. The highest BCUT2D eigenvalue weighted by atomic mass is 32.1. The molecule has 1 saturated carbocycles. The molecule has 1 aromatic heterocycles. The van der Waals surface area contributed by atoms with Gasteiger partial charge in [0, 0.05) is 36.6 Å². The molecule has 0 N–H and O–H groups in total. The smallest absolute Gasteiger partial charge is 0.226 e. The molecule has 2 fully saturated rings. The second kappa shape index (κ2) is 6.60. The van der Waals surface area contributed by atoms with Crippen LogP contribution >= 0.6 is 11.3 Å². The molecule has 130 valence electrons. The fraction of sp³-hybridized carbons (Fsp3) is 0.684. The monoisotopic (exact) mass is 345 g/mol. The van der Waals surface area contributed by atoms with Crippen molar-refractivity contribution in [3.8, 4) is 0 Å². The lowest BCUT2D eigenvalue weighted by molar-refractivity contribution is -0.137. The van der Waals surface area contributed by atoms with E-state index in [0.29, 0.717) is 17.4 Å². The Bertz CT molecular complexity index is 604. The zero-order chi connectivity index (χ0) is 16.6. The van der Waals surface area contributed by atoms with Crippen LogP contribution < -0.4 is 0 Å². The van der Waals surface area contributed by atoms with Crippen molar-refractivity contribution in [1.29, 1.82) is 0 Å². The molecule has 1 spiro atoms. The number of rotatable bonds is 4. The number of aromatic nitrogens is 1. The Morgan fingerprint density at radius 3 is 2.92 bits per heavy atom. The zero-order valence-corrected chi connectivity index (χ0v) is 15.3. The summed E-state index contributed by atoms with van der Waals surface area (Å²) in [5, 5.41) is 3.26. The van der Waals surface area contributed by atoms with E-state index in [1.807, 2.05) is 6.20 Å². The number of thiazole rings is 1. The Labute approximate surface area is 148 Å². The summed E-state index contributed by atoms with van der Waals surface area (Å²) >= 11 is 1.74. The summed E-state index contributed by atoms with van der Waals surface area (Å²) in [7, 11) is 2.23. The SMILES string of the molecule is CN(Cc1nccs1)C1CC12CCN(C(=O)C1CC=CCC1)CC2. The van der Waals surface area contributed by atoms with E-state index in [1.54, 1.807) is 11.3 Å². The molecular formula is C19H27N3OS. The number of piperidine rings is 1. The summed E-state index contributed by atoms with van der Waals surface area (Å²) in [5.41, 5.74) is 0.468. The van der Waals surface area contributed by atoms with Crippen molar-refractivity contribution in [2.75, 3.05) is 20.1 Å². The molecule has 5 heteroatoms. The molecule has 1 aromatic rings. The van der Waals surface area contributed by atoms with Crippen molar-refractivity contribution in [2.24, 2.45) is 11.3 Å². The largest absolute Gasteiger partial charge is 0.342 e. The summed E-state index contributed by atoms with van der Waals surface area (Å²) in [6.45, 7) is 2.88. The number of carbonyl (C=O) groups is 1. The molecule has 4 nitrogen and oxygen atoms in total. The number of nitrogens with zero attached hydrogens (tertiary/aromatic N) is 3. The van der Waals surface area contributed by atoms with Gasteiger partial charge in [-0.05, 0) is 51.0 Å². The first-order chi connectivity index (χ1) is 11.7. The minimum Gasteiger partial charge on any atom is -0.342 e. The first-order valence-corrected chi connectivity index (χ1v) is 10.1. The van der Waals surface area contributed by atoms with Gasteiger partial charge in [0.15, 0.2) is 0 Å². The summed E-state index contributed by atoms with van der Waals surface area (Å²) in [6, 6.07) is 0.677. The molecule has 1 saturated heterocycles. The van der Waals surface area contributed by atoms with Crippen molar-refractivity contribution in [3.63, 3.8) is 0 Å². The summed E-state index contributed by atoms with van der Waals surface area (Å²) < 4.78 is 0. The number of amides is 1. The number of carbonyl (C=O) groups excluding carboxylic acids is 1. The van der Waals surface area contributed by atoms with Gasteiger partial charge in [0.05, 0.1) is 6.54 Å². The Morgan fingerprint density at radius 2 is 2.25 bits per heavy atom. The molecular weight excluding hydrogens is 318 g/mol. The summed E-state index contributed by atoms with van der Waals surface area (Å²) in [5.74, 6) is 0.647. The van der Waals surface area contributed by atoms with Gasteiger partial charge in [-0.15, -0.1) is 11.3 Å². The molecule has 1 amide bonds. The number of allylic oxidation sites excluding steroid dienone is 2. The second-order valence-electron chi connectivity index (χ2n) is 7.73. The molecule has 0 aromatic carbocycles. The standard InChI is InChI=1S/C19H27N3OS/c1-21(14-17-20-9-12-24-17)16-13-19(16)7-10-22(11-8-19)18(23)15-5-3-2-4-6-15/h2-3,9,12,15-16H,4-8,10-11,13-14H2,1H3. The fourth-order valence-electron chi connectivity index (χ4n) is 4.59. The molecule has 1 aliphatic heterocycles. The first kappa shape index (κ1) is 16.3. The van der Waals surface area contributed by atoms with Gasteiger partial charge in [-0.2, -0.15) is 0 Å². The minimum absolute atomic E-state index is 0.242. The molecule has 3 aliphatic rings. The molecule has 2 atom stereocenters. The number of hydrogen-bond donors (Lipinski definition) is 0. The summed E-state index contributed by atoms with van der Waals surface area (Å²) in [6.07, 6.45) is 13.0. The van der Waals surface area contributed by atoms with E-state index >= 15 is 0 Å². The third kappa shape index (κ3) is 3.16. The van der Waals surface area contributed by atoms with Gasteiger partial charge >= 0.3 is 0 Å². The van der Waals surface area contributed by atoms with E-state index < -0.39 is 0 Å². The third-order valence-electron chi connectivity index (χ3n) is 6.24. The Hall–Kier alpha value is -1.20. The van der Waals surface area contributed by atoms with Crippen LogP contribution in [-0.4, -0.2) is 46.9 Å². The lowest BCUT2D eigenvalue weighted by atomic mass is 9.89. The van der Waals surface area contributed by atoms with Crippen molar-refractivity contribution < 1.29 is 4.79 Å². The maximum absolute atomic E-state index is 12.7. The van der Waals surface area contributed by atoms with Crippen LogP contribution in [0.2, 0.25) is 0 Å². The van der Waals surface area contributed by atoms with Crippen LogP contribution in [0.15, 0.2) is 23.7 Å². The van der Waals surface area contributed by atoms with Crippen molar-refractivity contribution in [3.05, 3.63) is 28.7 Å². The van der Waals surface area contributed by atoms with Crippen LogP contribution in [0, 0.1) is 11.3 Å². The summed E-state index contributed by atoms with van der Waals surface area (Å²) in [4.78, 5) is 21.7. The van der Waals surface area contributed by atoms with Crippen LogP contribution in [0.3, 0.4) is 0 Å². The first-order valence-electron chi connectivity index (χ1n) is 9.20. The highest BCUT2D eigenvalue weighted by Gasteiger charge is 2.57. The molecule has 2 aliphatic carbocycles. The van der Waals surface area contributed by atoms with Crippen molar-refractivity contribution >= 4 is 17.2 Å². The van der Waals surface area contributed by atoms with E-state index in [1.165, 1.54) is 24.3 Å². The fourth-order valence-corrected chi connectivity index (χ4v) is 5.27. The molecule has 2 heterocycles. The predicted octanol–water partition coefficient (Wildman–Crippen LogP) is 3.31. The van der Waals surface area contributed by atoms with Crippen molar-refractivity contribution in [2.45, 2.75) is 51.1 Å². The quantitative estimate of drug-likeness (QED) is 0.786. The Kier molecular flexibility index (Phi) is 4.48. The van der Waals surface area contributed by atoms with E-state index in [9.17, 15) is 4.79 Å². The van der Waals surface area contributed by atoms with Gasteiger partial charge in [-0.3, -0.25) is 9.69 Å². The normalized spacial score (nSPS) is 28.5. The Balaban J connectivity index is 1.29. The average molecular weight is 346 g/mol. The lowest BCUT2D eigenvalue weighted by Crippen LogP contribution is -2.44. The van der Waals surface area contributed by atoms with Crippen LogP contribution in [0.5, 0.6) is 0 Å². The number of likely N-dealkylation sites (tertiary alicyclic amines) is 1. The van der Waals surface area contributed by atoms with E-state index in [0.717, 1.165) is 38.9 Å². The second-order valence-corrected chi connectivity index (χ2v) is 8.71. The van der Waals surface area contributed by atoms with Gasteiger partial charge in [-0.1, -0.05) is 12.2 Å². The van der Waals surface area contributed by atoms with Gasteiger partial charge in [-0.25, -0.2) is 4.98 Å².